The molecule has 0 aliphatic carbocycles. The molecule has 2 aromatic heterocycles. The number of nitrogens with one attached hydrogen (secondary N) is 1. The molecule has 0 unspecified atom stereocenters. The van der Waals surface area contributed by atoms with Crippen molar-refractivity contribution < 1.29 is 5.11 Å². The van der Waals surface area contributed by atoms with Gasteiger partial charge in [-0.1, -0.05) is 71.7 Å². The zero-order valence-corrected chi connectivity index (χ0v) is 16.9. The Bertz CT molecular complexity index is 1420. The Morgan fingerprint density at radius 3 is 2.13 bits per heavy atom. The molecule has 0 aliphatic rings. The second-order valence-corrected chi connectivity index (χ2v) is 8.15. The fourth-order valence-corrected chi connectivity index (χ4v) is 4.52. The van der Waals surface area contributed by atoms with Crippen molar-refractivity contribution in [2.45, 2.75) is 13.0 Å². The van der Waals surface area contributed by atoms with Gasteiger partial charge in [0.2, 0.25) is 5.88 Å². The smallest absolute Gasteiger partial charge is 0.307 e. The molecule has 0 amide bonds. The monoisotopic (exact) mass is 410 g/mol. The first-order chi connectivity index (χ1) is 14.7. The number of aromatic amines is 1. The van der Waals surface area contributed by atoms with Gasteiger partial charge in [0.1, 0.15) is 0 Å². The molecule has 2 N–H and O–H groups in total. The highest BCUT2D eigenvalue weighted by Gasteiger charge is 2.09. The van der Waals surface area contributed by atoms with Crippen LogP contribution in [0.5, 0.6) is 5.88 Å². The van der Waals surface area contributed by atoms with Gasteiger partial charge in [0, 0.05) is 33.8 Å². The highest BCUT2D eigenvalue weighted by atomic mass is 32.1. The topological polar surface area (TPSA) is 58.0 Å². The molecule has 0 saturated carbocycles. The van der Waals surface area contributed by atoms with Crippen LogP contribution in [0.25, 0.3) is 21.8 Å². The number of thiazole rings is 1. The molecule has 0 saturated heterocycles. The molecule has 30 heavy (non-hydrogen) atoms. The van der Waals surface area contributed by atoms with E-state index >= 15 is 0 Å². The number of benzene rings is 3. The number of para-hydroxylation sites is 2. The van der Waals surface area contributed by atoms with Crippen molar-refractivity contribution in [1.82, 2.24) is 9.55 Å². The van der Waals surface area contributed by atoms with Crippen molar-refractivity contribution in [3.8, 4) is 17.7 Å². The third-order valence-electron chi connectivity index (χ3n) is 5.17. The molecule has 5 rings (SSSR count). The van der Waals surface area contributed by atoms with E-state index in [0.29, 0.717) is 17.8 Å². The standard InChI is InChI=1S/C25H18N2O2S/c28-24-23(30-25(29)26-24)16-18-13-11-17(12-14-18)6-5-15-27-21-9-3-1-7-19(21)20-8-2-4-10-22(20)27/h1-4,7-14,28H,15-16H2,(H,26,29). The molecule has 5 heteroatoms. The molecule has 0 fully saturated rings. The van der Waals surface area contributed by atoms with E-state index in [9.17, 15) is 9.90 Å². The van der Waals surface area contributed by atoms with Crippen LogP contribution in [0.3, 0.4) is 0 Å². The Morgan fingerprint density at radius 1 is 0.900 bits per heavy atom. The summed E-state index contributed by atoms with van der Waals surface area (Å²) in [5.41, 5.74) is 4.33. The van der Waals surface area contributed by atoms with Gasteiger partial charge in [-0.15, -0.1) is 0 Å². The summed E-state index contributed by atoms with van der Waals surface area (Å²) in [5, 5.41) is 12.2. The molecule has 0 atom stereocenters. The highest BCUT2D eigenvalue weighted by molar-refractivity contribution is 7.09. The van der Waals surface area contributed by atoms with E-state index in [1.165, 1.54) is 21.8 Å². The maximum absolute atomic E-state index is 11.3. The summed E-state index contributed by atoms with van der Waals surface area (Å²) in [6.45, 7) is 0.612. The number of aromatic nitrogens is 2. The van der Waals surface area contributed by atoms with Crippen molar-refractivity contribution in [3.05, 3.63) is 98.5 Å². The molecular formula is C25H18N2O2S. The van der Waals surface area contributed by atoms with Crippen LogP contribution in [0.15, 0.2) is 77.6 Å². The maximum atomic E-state index is 11.3. The molecule has 0 spiro atoms. The van der Waals surface area contributed by atoms with Crippen LogP contribution in [0, 0.1) is 11.8 Å². The Morgan fingerprint density at radius 2 is 1.53 bits per heavy atom. The first-order valence-electron chi connectivity index (χ1n) is 9.64. The predicted molar refractivity (Wildman–Crippen MR) is 122 cm³/mol. The minimum Gasteiger partial charge on any atom is -0.494 e. The summed E-state index contributed by atoms with van der Waals surface area (Å²) >= 11 is 1.04. The SMILES string of the molecule is O=c1[nH]c(O)c(Cc2ccc(C#CCn3c4ccccc4c4ccccc43)cc2)s1. The molecular weight excluding hydrogens is 392 g/mol. The Kier molecular flexibility index (Phi) is 4.62. The minimum atomic E-state index is -0.241. The lowest BCUT2D eigenvalue weighted by atomic mass is 10.1. The van der Waals surface area contributed by atoms with Crippen LogP contribution in [0.2, 0.25) is 0 Å². The quantitative estimate of drug-likeness (QED) is 0.416. The van der Waals surface area contributed by atoms with Crippen LogP contribution >= 0.6 is 11.3 Å². The van der Waals surface area contributed by atoms with Crippen LogP contribution in [0.1, 0.15) is 16.0 Å². The zero-order chi connectivity index (χ0) is 20.5. The van der Waals surface area contributed by atoms with E-state index in [1.807, 2.05) is 24.3 Å². The van der Waals surface area contributed by atoms with Crippen molar-refractivity contribution in [2.24, 2.45) is 0 Å². The van der Waals surface area contributed by atoms with Crippen molar-refractivity contribution in [1.29, 1.82) is 0 Å². The summed E-state index contributed by atoms with van der Waals surface area (Å²) in [7, 11) is 0. The van der Waals surface area contributed by atoms with Gasteiger partial charge in [-0.3, -0.25) is 9.78 Å². The van der Waals surface area contributed by atoms with Gasteiger partial charge in [-0.05, 0) is 29.8 Å². The minimum absolute atomic E-state index is 0.0416. The number of hydrogen-bond acceptors (Lipinski definition) is 3. The van der Waals surface area contributed by atoms with Gasteiger partial charge in [-0.2, -0.15) is 0 Å². The van der Waals surface area contributed by atoms with Gasteiger partial charge >= 0.3 is 4.87 Å². The largest absolute Gasteiger partial charge is 0.494 e. The van der Waals surface area contributed by atoms with E-state index in [1.54, 1.807) is 0 Å². The molecule has 0 bridgehead atoms. The third-order valence-corrected chi connectivity index (χ3v) is 6.04. The summed E-state index contributed by atoms with van der Waals surface area (Å²) in [6.07, 6.45) is 0.518. The number of fused-ring (bicyclic) bond motifs is 3. The summed E-state index contributed by atoms with van der Waals surface area (Å²) in [5.74, 6) is 6.50. The molecule has 0 aliphatic heterocycles. The van der Waals surface area contributed by atoms with Crippen LogP contribution in [0.4, 0.5) is 0 Å². The van der Waals surface area contributed by atoms with Gasteiger partial charge in [0.05, 0.1) is 11.4 Å². The highest BCUT2D eigenvalue weighted by Crippen LogP contribution is 2.28. The number of rotatable bonds is 3. The second kappa shape index (κ2) is 7.58. The van der Waals surface area contributed by atoms with Crippen LogP contribution in [-0.2, 0) is 13.0 Å². The van der Waals surface area contributed by atoms with Gasteiger partial charge in [0.15, 0.2) is 0 Å². The third kappa shape index (κ3) is 3.38. The zero-order valence-electron chi connectivity index (χ0n) is 16.1. The average Bonchev–Trinajstić information content (AvgIpc) is 3.26. The molecule has 5 aromatic rings. The molecule has 3 aromatic carbocycles. The van der Waals surface area contributed by atoms with Gasteiger partial charge in [0.25, 0.3) is 0 Å². The van der Waals surface area contributed by atoms with E-state index in [0.717, 1.165) is 22.5 Å². The normalized spacial score (nSPS) is 10.9. The number of nitrogens with zero attached hydrogens (tertiary/aromatic N) is 1. The number of H-pyrrole nitrogens is 1. The fraction of sp³-hybridized carbons (Fsp3) is 0.0800. The Hall–Kier alpha value is -3.75. The molecule has 146 valence electrons. The van der Waals surface area contributed by atoms with Gasteiger partial charge in [-0.25, -0.2) is 0 Å². The van der Waals surface area contributed by atoms with Crippen LogP contribution < -0.4 is 4.87 Å². The van der Waals surface area contributed by atoms with E-state index in [4.69, 9.17) is 0 Å². The summed E-state index contributed by atoms with van der Waals surface area (Å²) < 4.78 is 2.25. The Labute approximate surface area is 177 Å². The maximum Gasteiger partial charge on any atom is 0.307 e. The lowest BCUT2D eigenvalue weighted by Crippen LogP contribution is -1.94. The van der Waals surface area contributed by atoms with Gasteiger partial charge < -0.3 is 9.67 Å². The van der Waals surface area contributed by atoms with Crippen molar-refractivity contribution >= 4 is 33.1 Å². The second-order valence-electron chi connectivity index (χ2n) is 7.08. The number of hydrogen-bond donors (Lipinski definition) is 2. The van der Waals surface area contributed by atoms with Crippen LogP contribution in [-0.4, -0.2) is 14.7 Å². The summed E-state index contributed by atoms with van der Waals surface area (Å²) in [4.78, 5) is 14.1. The Balaban J connectivity index is 1.38. The van der Waals surface area contributed by atoms with E-state index in [2.05, 4.69) is 69.9 Å². The van der Waals surface area contributed by atoms with E-state index < -0.39 is 0 Å². The van der Waals surface area contributed by atoms with Crippen molar-refractivity contribution in [2.75, 3.05) is 0 Å². The van der Waals surface area contributed by atoms with E-state index in [-0.39, 0.29) is 10.8 Å². The molecule has 0 radical (unpaired) electrons. The fourth-order valence-electron chi connectivity index (χ4n) is 3.76. The number of aromatic hydroxyl groups is 1. The first-order valence-corrected chi connectivity index (χ1v) is 10.5. The summed E-state index contributed by atoms with van der Waals surface area (Å²) in [6, 6.07) is 24.7. The van der Waals surface area contributed by atoms with Crippen molar-refractivity contribution in [3.63, 3.8) is 0 Å². The lowest BCUT2D eigenvalue weighted by molar-refractivity contribution is 0.451. The predicted octanol–water partition coefficient (Wildman–Crippen LogP) is 4.89. The average molecular weight is 410 g/mol. The first kappa shape index (κ1) is 18.3. The molecule has 4 nitrogen and oxygen atoms in total. The molecule has 2 heterocycles. The lowest BCUT2D eigenvalue weighted by Gasteiger charge is -2.02.